The summed E-state index contributed by atoms with van der Waals surface area (Å²) in [5.74, 6) is 0. The summed E-state index contributed by atoms with van der Waals surface area (Å²) in [5.41, 5.74) is 0.101. The normalized spacial score (nSPS) is 28.1. The zero-order valence-corrected chi connectivity index (χ0v) is 10.1. The number of rotatable bonds is 4. The van der Waals surface area contributed by atoms with Gasteiger partial charge in [-0.3, -0.25) is 0 Å². The van der Waals surface area contributed by atoms with E-state index in [1.165, 1.54) is 51.4 Å². The van der Waals surface area contributed by atoms with E-state index in [2.05, 4.69) is 13.8 Å². The lowest BCUT2D eigenvalue weighted by Crippen LogP contribution is -2.33. The van der Waals surface area contributed by atoms with E-state index in [1.807, 2.05) is 0 Å². The summed E-state index contributed by atoms with van der Waals surface area (Å²) in [7, 11) is 1.62. The Morgan fingerprint density at radius 3 is 1.40 bits per heavy atom. The van der Waals surface area contributed by atoms with E-state index in [0.717, 1.165) is 0 Å². The SMILES string of the molecule is CC1(O[B]OC2(C)CCCC2)CCCC1. The second-order valence-electron chi connectivity index (χ2n) is 5.65. The van der Waals surface area contributed by atoms with Gasteiger partial charge >= 0.3 is 7.69 Å². The Morgan fingerprint density at radius 1 is 0.733 bits per heavy atom. The second kappa shape index (κ2) is 4.46. The van der Waals surface area contributed by atoms with Gasteiger partial charge in [-0.25, -0.2) is 0 Å². The van der Waals surface area contributed by atoms with Gasteiger partial charge in [-0.05, 0) is 39.5 Å². The smallest absolute Gasteiger partial charge is 0.408 e. The zero-order chi connectivity index (χ0) is 10.8. The molecule has 2 nitrogen and oxygen atoms in total. The monoisotopic (exact) mass is 209 g/mol. The highest BCUT2D eigenvalue weighted by Crippen LogP contribution is 2.34. The lowest BCUT2D eigenvalue weighted by molar-refractivity contribution is 0.0220. The van der Waals surface area contributed by atoms with Crippen molar-refractivity contribution in [2.24, 2.45) is 0 Å². The van der Waals surface area contributed by atoms with Crippen molar-refractivity contribution in [2.75, 3.05) is 0 Å². The Kier molecular flexibility index (Phi) is 3.41. The Labute approximate surface area is 94.0 Å². The van der Waals surface area contributed by atoms with E-state index in [4.69, 9.17) is 9.31 Å². The van der Waals surface area contributed by atoms with Crippen LogP contribution in [0.3, 0.4) is 0 Å². The molecule has 2 saturated carbocycles. The molecule has 85 valence electrons. The van der Waals surface area contributed by atoms with Crippen molar-refractivity contribution in [3.05, 3.63) is 0 Å². The summed E-state index contributed by atoms with van der Waals surface area (Å²) in [6, 6.07) is 0. The van der Waals surface area contributed by atoms with E-state index < -0.39 is 0 Å². The zero-order valence-electron chi connectivity index (χ0n) is 10.1. The average molecular weight is 209 g/mol. The molecule has 0 unspecified atom stereocenters. The van der Waals surface area contributed by atoms with Gasteiger partial charge in [-0.2, -0.15) is 0 Å². The molecule has 0 heterocycles. The molecule has 0 bridgehead atoms. The van der Waals surface area contributed by atoms with Crippen LogP contribution in [0.15, 0.2) is 0 Å². The fourth-order valence-corrected chi connectivity index (χ4v) is 2.74. The molecule has 0 aliphatic heterocycles. The molecule has 0 aromatic carbocycles. The summed E-state index contributed by atoms with van der Waals surface area (Å²) in [4.78, 5) is 0. The maximum atomic E-state index is 5.77. The topological polar surface area (TPSA) is 18.5 Å². The molecule has 0 N–H and O–H groups in total. The van der Waals surface area contributed by atoms with E-state index >= 15 is 0 Å². The van der Waals surface area contributed by atoms with E-state index in [9.17, 15) is 0 Å². The molecule has 2 aliphatic carbocycles. The van der Waals surface area contributed by atoms with Crippen LogP contribution >= 0.6 is 0 Å². The van der Waals surface area contributed by atoms with Crippen LogP contribution in [-0.4, -0.2) is 18.9 Å². The average Bonchev–Trinajstić information content (AvgIpc) is 2.76. The Bertz CT molecular complexity index is 184. The van der Waals surface area contributed by atoms with Crippen LogP contribution in [0.4, 0.5) is 0 Å². The molecule has 0 amide bonds. The standard InChI is InChI=1S/C12H22BO2/c1-11(7-3-4-8-11)14-13-15-12(2)9-5-6-10-12/h3-10H2,1-2H3. The van der Waals surface area contributed by atoms with Gasteiger partial charge in [0.2, 0.25) is 0 Å². The molecule has 0 saturated heterocycles. The Balaban J connectivity index is 1.69. The van der Waals surface area contributed by atoms with E-state index in [1.54, 1.807) is 7.69 Å². The lowest BCUT2D eigenvalue weighted by Gasteiger charge is -2.28. The Morgan fingerprint density at radius 2 is 1.07 bits per heavy atom. The molecule has 0 aromatic heterocycles. The van der Waals surface area contributed by atoms with Gasteiger partial charge in [-0.15, -0.1) is 0 Å². The predicted molar refractivity (Wildman–Crippen MR) is 61.7 cm³/mol. The second-order valence-corrected chi connectivity index (χ2v) is 5.65. The molecule has 2 aliphatic rings. The lowest BCUT2D eigenvalue weighted by atomic mass is 10.0. The van der Waals surface area contributed by atoms with Crippen molar-refractivity contribution in [2.45, 2.75) is 76.4 Å². The van der Waals surface area contributed by atoms with Crippen molar-refractivity contribution in [3.8, 4) is 0 Å². The predicted octanol–water partition coefficient (Wildman–Crippen LogP) is 3.22. The van der Waals surface area contributed by atoms with Gasteiger partial charge in [0.15, 0.2) is 0 Å². The quantitative estimate of drug-likeness (QED) is 0.662. The van der Waals surface area contributed by atoms with Crippen molar-refractivity contribution < 1.29 is 9.31 Å². The third-order valence-electron chi connectivity index (χ3n) is 3.99. The van der Waals surface area contributed by atoms with Crippen molar-refractivity contribution in [3.63, 3.8) is 0 Å². The first-order valence-electron chi connectivity index (χ1n) is 6.29. The molecule has 0 aromatic rings. The van der Waals surface area contributed by atoms with Gasteiger partial charge in [-0.1, -0.05) is 25.7 Å². The van der Waals surface area contributed by atoms with Gasteiger partial charge in [0.25, 0.3) is 0 Å². The fraction of sp³-hybridized carbons (Fsp3) is 1.00. The highest BCUT2D eigenvalue weighted by Gasteiger charge is 2.33. The van der Waals surface area contributed by atoms with Crippen molar-refractivity contribution >= 4 is 7.69 Å². The Hall–Kier alpha value is -0.0151. The van der Waals surface area contributed by atoms with Gasteiger partial charge < -0.3 is 9.31 Å². The molecule has 0 atom stereocenters. The first-order chi connectivity index (χ1) is 7.12. The largest absolute Gasteiger partial charge is 0.488 e. The molecular weight excluding hydrogens is 187 g/mol. The summed E-state index contributed by atoms with van der Waals surface area (Å²) >= 11 is 0. The summed E-state index contributed by atoms with van der Waals surface area (Å²) < 4.78 is 11.5. The minimum Gasteiger partial charge on any atom is -0.408 e. The van der Waals surface area contributed by atoms with Crippen LogP contribution in [0.25, 0.3) is 0 Å². The van der Waals surface area contributed by atoms with E-state index in [0.29, 0.717) is 0 Å². The number of hydrogen-bond donors (Lipinski definition) is 0. The minimum atomic E-state index is 0.0506. The fourth-order valence-electron chi connectivity index (χ4n) is 2.74. The van der Waals surface area contributed by atoms with Crippen LogP contribution in [0.5, 0.6) is 0 Å². The van der Waals surface area contributed by atoms with Crippen LogP contribution in [0, 0.1) is 0 Å². The van der Waals surface area contributed by atoms with Crippen molar-refractivity contribution in [1.29, 1.82) is 0 Å². The number of hydrogen-bond acceptors (Lipinski definition) is 2. The van der Waals surface area contributed by atoms with Crippen LogP contribution in [0.2, 0.25) is 0 Å². The summed E-state index contributed by atoms with van der Waals surface area (Å²) in [6.07, 6.45) is 9.85. The maximum Gasteiger partial charge on any atom is 0.488 e. The molecule has 1 radical (unpaired) electrons. The summed E-state index contributed by atoms with van der Waals surface area (Å²) in [5, 5.41) is 0. The van der Waals surface area contributed by atoms with Gasteiger partial charge in [0.1, 0.15) is 0 Å². The van der Waals surface area contributed by atoms with Gasteiger partial charge in [0.05, 0.1) is 11.2 Å². The molecule has 0 spiro atoms. The molecule has 15 heavy (non-hydrogen) atoms. The highest BCUT2D eigenvalue weighted by atomic mass is 16.6. The van der Waals surface area contributed by atoms with E-state index in [-0.39, 0.29) is 11.2 Å². The maximum absolute atomic E-state index is 5.77. The van der Waals surface area contributed by atoms with Crippen LogP contribution in [0.1, 0.15) is 65.2 Å². The van der Waals surface area contributed by atoms with Gasteiger partial charge in [0, 0.05) is 0 Å². The van der Waals surface area contributed by atoms with Crippen molar-refractivity contribution in [1.82, 2.24) is 0 Å². The molecule has 3 heteroatoms. The molecular formula is C12H22BO2. The third-order valence-corrected chi connectivity index (χ3v) is 3.99. The van der Waals surface area contributed by atoms with Crippen LogP contribution < -0.4 is 0 Å². The highest BCUT2D eigenvalue weighted by molar-refractivity contribution is 6.18. The molecule has 2 fully saturated rings. The minimum absolute atomic E-state index is 0.0506. The van der Waals surface area contributed by atoms with Crippen LogP contribution in [-0.2, 0) is 9.31 Å². The molecule has 2 rings (SSSR count). The first-order valence-corrected chi connectivity index (χ1v) is 6.29. The first kappa shape index (κ1) is 11.5. The third kappa shape index (κ3) is 2.98. The summed E-state index contributed by atoms with van der Waals surface area (Å²) in [6.45, 7) is 4.38.